The minimum atomic E-state index is 1.06. The molecule has 2 heteroatoms. The van der Waals surface area contributed by atoms with Crippen LogP contribution in [-0.4, -0.2) is 25.5 Å². The molecular weight excluding hydrogens is 174 g/mol. The summed E-state index contributed by atoms with van der Waals surface area (Å²) in [4.78, 5) is 2.22. The first-order valence-electron chi connectivity index (χ1n) is 5.13. The van der Waals surface area contributed by atoms with Crippen molar-refractivity contribution >= 4 is 11.2 Å². The van der Waals surface area contributed by atoms with Gasteiger partial charge in [-0.2, -0.15) is 0 Å². The van der Waals surface area contributed by atoms with E-state index in [1.165, 1.54) is 17.5 Å². The lowest BCUT2D eigenvalue weighted by Gasteiger charge is -2.07. The lowest BCUT2D eigenvalue weighted by molar-refractivity contribution is 0.400. The molecule has 2 aromatic rings. The van der Waals surface area contributed by atoms with Crippen molar-refractivity contribution in [2.45, 2.75) is 19.8 Å². The number of rotatable bonds is 4. The molecule has 0 fully saturated rings. The van der Waals surface area contributed by atoms with Gasteiger partial charge in [0.05, 0.1) is 0 Å². The zero-order chi connectivity index (χ0) is 10.1. The molecule has 0 saturated heterocycles. The summed E-state index contributed by atoms with van der Waals surface area (Å²) in [6.07, 6.45) is 2.33. The molecule has 0 saturated carbocycles. The average Bonchev–Trinajstić information content (AvgIpc) is 2.62. The van der Waals surface area contributed by atoms with Crippen molar-refractivity contribution < 1.29 is 4.42 Å². The summed E-state index contributed by atoms with van der Waals surface area (Å²) in [5.41, 5.74) is 4.76. The number of aryl methyl sites for hydroxylation is 2. The second-order valence-corrected chi connectivity index (χ2v) is 4.23. The Morgan fingerprint density at radius 1 is 1.21 bits per heavy atom. The molecule has 0 N–H and O–H groups in total. The van der Waals surface area contributed by atoms with Gasteiger partial charge in [-0.15, -0.1) is 0 Å². The van der Waals surface area contributed by atoms with Gasteiger partial charge < -0.3 is 9.32 Å². The highest BCUT2D eigenvalue weighted by atomic mass is 16.3. The third-order valence-electron chi connectivity index (χ3n) is 2.63. The van der Waals surface area contributed by atoms with Crippen LogP contribution < -0.4 is 0 Å². The second kappa shape index (κ2) is 3.62. The average molecular weight is 191 g/mol. The van der Waals surface area contributed by atoms with Gasteiger partial charge in [0.1, 0.15) is 11.2 Å². The summed E-state index contributed by atoms with van der Waals surface area (Å²) in [6, 6.07) is 4.32. The zero-order valence-corrected chi connectivity index (χ0v) is 9.13. The van der Waals surface area contributed by atoms with Crippen molar-refractivity contribution in [1.29, 1.82) is 0 Å². The van der Waals surface area contributed by atoms with Crippen LogP contribution in [0.25, 0.3) is 11.2 Å². The highest BCUT2D eigenvalue weighted by molar-refractivity contribution is 5.70. The van der Waals surface area contributed by atoms with Crippen molar-refractivity contribution in [3.63, 3.8) is 0 Å². The van der Waals surface area contributed by atoms with Gasteiger partial charge in [0.15, 0.2) is 0 Å². The van der Waals surface area contributed by atoms with Crippen molar-refractivity contribution in [3.05, 3.63) is 23.3 Å². The first-order valence-corrected chi connectivity index (χ1v) is 5.13. The van der Waals surface area contributed by atoms with Crippen LogP contribution >= 0.6 is 0 Å². The predicted molar refractivity (Wildman–Crippen MR) is 59.0 cm³/mol. The van der Waals surface area contributed by atoms with E-state index in [9.17, 15) is 0 Å². The molecule has 0 aliphatic rings. The first kappa shape index (κ1) is 9.53. The Bertz CT molecular complexity index is 402. The molecule has 0 unspecified atom stereocenters. The molecule has 0 aromatic carbocycles. The summed E-state index contributed by atoms with van der Waals surface area (Å²) in [6.45, 7) is 3.23. The van der Waals surface area contributed by atoms with Gasteiger partial charge in [-0.05, 0) is 63.7 Å². The molecular formula is C12H17NO. The highest BCUT2D eigenvalue weighted by Crippen LogP contribution is 2.26. The molecule has 14 heavy (non-hydrogen) atoms. The van der Waals surface area contributed by atoms with Crippen LogP contribution in [0.4, 0.5) is 0 Å². The lowest BCUT2D eigenvalue weighted by Crippen LogP contribution is -2.13. The van der Waals surface area contributed by atoms with E-state index in [1.54, 1.807) is 0 Å². The van der Waals surface area contributed by atoms with E-state index in [2.05, 4.69) is 38.1 Å². The van der Waals surface area contributed by atoms with E-state index in [-0.39, 0.29) is 0 Å². The quantitative estimate of drug-likeness (QED) is 0.738. The number of furan rings is 2. The Balaban J connectivity index is 1.98. The summed E-state index contributed by atoms with van der Waals surface area (Å²) in [7, 11) is 4.22. The Kier molecular flexibility index (Phi) is 2.46. The fraction of sp³-hybridized carbons (Fsp3) is 0.500. The highest BCUT2D eigenvalue weighted by Gasteiger charge is 2.09. The van der Waals surface area contributed by atoms with Crippen LogP contribution in [0.3, 0.4) is 0 Å². The van der Waals surface area contributed by atoms with Crippen LogP contribution in [0, 0.1) is 6.92 Å². The molecule has 0 aliphatic heterocycles. The number of benzene rings is 1. The Morgan fingerprint density at radius 2 is 2.00 bits per heavy atom. The molecule has 76 valence electrons. The fourth-order valence-electron chi connectivity index (χ4n) is 1.81. The summed E-state index contributed by atoms with van der Waals surface area (Å²) < 4.78 is 5.59. The predicted octanol–water partition coefficient (Wildman–Crippen LogP) is 2.67. The topological polar surface area (TPSA) is 16.4 Å². The normalized spacial score (nSPS) is 12.0. The van der Waals surface area contributed by atoms with Crippen LogP contribution in [0.2, 0.25) is 0 Å². The fourth-order valence-corrected chi connectivity index (χ4v) is 1.81. The largest absolute Gasteiger partial charge is 0.457 e. The van der Waals surface area contributed by atoms with Crippen molar-refractivity contribution in [1.82, 2.24) is 4.90 Å². The summed E-state index contributed by atoms with van der Waals surface area (Å²) in [5.74, 6) is 0. The van der Waals surface area contributed by atoms with Gasteiger partial charge >= 0.3 is 0 Å². The molecule has 0 spiro atoms. The minimum Gasteiger partial charge on any atom is -0.457 e. The monoisotopic (exact) mass is 191 g/mol. The third kappa shape index (κ3) is 1.75. The van der Waals surface area contributed by atoms with Gasteiger partial charge in [-0.3, -0.25) is 0 Å². The minimum absolute atomic E-state index is 1.06. The maximum Gasteiger partial charge on any atom is 0.131 e. The van der Waals surface area contributed by atoms with Crippen molar-refractivity contribution in [3.8, 4) is 0 Å². The molecule has 0 aliphatic carbocycles. The van der Waals surface area contributed by atoms with Gasteiger partial charge in [0.25, 0.3) is 0 Å². The molecule has 0 radical (unpaired) electrons. The van der Waals surface area contributed by atoms with E-state index in [1.807, 2.05) is 0 Å². The molecule has 0 amide bonds. The van der Waals surface area contributed by atoms with Gasteiger partial charge in [-0.25, -0.2) is 0 Å². The Hall–Kier alpha value is -1.02. The van der Waals surface area contributed by atoms with Crippen LogP contribution in [0.1, 0.15) is 17.5 Å². The number of fused-ring (bicyclic) bond motifs is 2. The smallest absolute Gasteiger partial charge is 0.131 e. The van der Waals surface area contributed by atoms with Gasteiger partial charge in [0, 0.05) is 0 Å². The summed E-state index contributed by atoms with van der Waals surface area (Å²) in [5, 5.41) is 0. The number of hydrogen-bond donors (Lipinski definition) is 0. The molecule has 2 nitrogen and oxygen atoms in total. The molecule has 2 aromatic heterocycles. The maximum absolute atomic E-state index is 5.59. The van der Waals surface area contributed by atoms with Crippen LogP contribution in [0.5, 0.6) is 0 Å². The standard InChI is InChI=1S/C12H17NO/c1-9-7-12-10(8-11(9)14-12)5-4-6-13(2)3/h7-8H,4-6H2,1-3H3. The van der Waals surface area contributed by atoms with E-state index < -0.39 is 0 Å². The van der Waals surface area contributed by atoms with Crippen molar-refractivity contribution in [2.24, 2.45) is 0 Å². The van der Waals surface area contributed by atoms with E-state index in [4.69, 9.17) is 4.42 Å². The first-order chi connectivity index (χ1) is 6.66. The molecule has 0 atom stereocenters. The molecule has 2 rings (SSSR count). The molecule has 2 heterocycles. The third-order valence-corrected chi connectivity index (χ3v) is 2.63. The van der Waals surface area contributed by atoms with E-state index in [0.29, 0.717) is 0 Å². The number of hydrogen-bond acceptors (Lipinski definition) is 2. The van der Waals surface area contributed by atoms with Gasteiger partial charge in [0.2, 0.25) is 0 Å². The van der Waals surface area contributed by atoms with Gasteiger partial charge in [-0.1, -0.05) is 0 Å². The van der Waals surface area contributed by atoms with E-state index >= 15 is 0 Å². The lowest BCUT2D eigenvalue weighted by atomic mass is 10.1. The molecule has 2 bridgehead atoms. The maximum atomic E-state index is 5.59. The van der Waals surface area contributed by atoms with Crippen LogP contribution in [0.15, 0.2) is 16.5 Å². The zero-order valence-electron chi connectivity index (χ0n) is 9.13. The summed E-state index contributed by atoms with van der Waals surface area (Å²) >= 11 is 0. The van der Waals surface area contributed by atoms with E-state index in [0.717, 1.165) is 24.1 Å². The van der Waals surface area contributed by atoms with Crippen molar-refractivity contribution in [2.75, 3.05) is 20.6 Å². The Labute approximate surface area is 84.8 Å². The second-order valence-electron chi connectivity index (χ2n) is 4.23. The van der Waals surface area contributed by atoms with Crippen LogP contribution in [-0.2, 0) is 6.42 Å². The number of nitrogens with zero attached hydrogens (tertiary/aromatic N) is 1. The SMILES string of the molecule is Cc1cc2oc1cc2CCCN(C)C. The Morgan fingerprint density at radius 3 is 2.50 bits per heavy atom.